The van der Waals surface area contributed by atoms with Gasteiger partial charge in [0.05, 0.1) is 0 Å². The molecule has 0 saturated heterocycles. The van der Waals surface area contributed by atoms with Crippen LogP contribution in [-0.4, -0.2) is 36.9 Å². The van der Waals surface area contributed by atoms with E-state index in [2.05, 4.69) is 5.32 Å². The average Bonchev–Trinajstić information content (AvgIpc) is 3.05. The van der Waals surface area contributed by atoms with Crippen LogP contribution >= 0.6 is 0 Å². The molecule has 5 nitrogen and oxygen atoms in total. The maximum absolute atomic E-state index is 12.6. The van der Waals surface area contributed by atoms with Crippen LogP contribution in [0.25, 0.3) is 0 Å². The van der Waals surface area contributed by atoms with Gasteiger partial charge in [-0.25, -0.2) is 0 Å². The molecule has 0 saturated carbocycles. The summed E-state index contributed by atoms with van der Waals surface area (Å²) in [6.07, 6.45) is 0.145. The minimum Gasteiger partial charge on any atom is -0.480 e. The number of hydrogen-bond donors (Lipinski definition) is 1. The third-order valence-electron chi connectivity index (χ3n) is 4.16. The summed E-state index contributed by atoms with van der Waals surface area (Å²) >= 11 is 0. The van der Waals surface area contributed by atoms with E-state index < -0.39 is 6.10 Å². The molecule has 5 heteroatoms. The minimum absolute atomic E-state index is 0.0402. The first-order valence-electron chi connectivity index (χ1n) is 7.89. The molecule has 1 atom stereocenters. The normalized spacial score (nSPS) is 15.3. The molecule has 124 valence electrons. The molecular weight excluding hydrogens is 304 g/mol. The molecule has 2 aromatic rings. The lowest BCUT2D eigenvalue weighted by Gasteiger charge is -2.21. The van der Waals surface area contributed by atoms with Crippen LogP contribution in [0.1, 0.15) is 21.5 Å². The lowest BCUT2D eigenvalue weighted by Crippen LogP contribution is -2.38. The van der Waals surface area contributed by atoms with Crippen LogP contribution in [-0.2, 0) is 17.8 Å². The first-order valence-corrected chi connectivity index (χ1v) is 7.89. The molecule has 24 heavy (non-hydrogen) atoms. The second kappa shape index (κ2) is 6.74. The van der Waals surface area contributed by atoms with Crippen LogP contribution in [0.2, 0.25) is 0 Å². The monoisotopic (exact) mass is 324 g/mol. The molecule has 1 aliphatic heterocycles. The van der Waals surface area contributed by atoms with Crippen molar-refractivity contribution >= 4 is 11.8 Å². The predicted molar refractivity (Wildman–Crippen MR) is 90.9 cm³/mol. The fraction of sp³-hybridized carbons (Fsp3) is 0.263. The molecule has 0 bridgehead atoms. The summed E-state index contributed by atoms with van der Waals surface area (Å²) < 4.78 is 5.75. The van der Waals surface area contributed by atoms with Crippen molar-refractivity contribution in [1.82, 2.24) is 10.2 Å². The maximum atomic E-state index is 12.6. The minimum atomic E-state index is -0.461. The van der Waals surface area contributed by atoms with Gasteiger partial charge in [-0.3, -0.25) is 9.59 Å². The Labute approximate surface area is 141 Å². The quantitative estimate of drug-likeness (QED) is 0.936. The number of fused-ring (bicyclic) bond motifs is 1. The van der Waals surface area contributed by atoms with Crippen molar-refractivity contribution in [2.45, 2.75) is 19.1 Å². The summed E-state index contributed by atoms with van der Waals surface area (Å²) in [5.74, 6) is 0.629. The molecule has 0 aliphatic carbocycles. The average molecular weight is 324 g/mol. The van der Waals surface area contributed by atoms with E-state index >= 15 is 0 Å². The highest BCUT2D eigenvalue weighted by Gasteiger charge is 2.30. The number of para-hydroxylation sites is 1. The van der Waals surface area contributed by atoms with E-state index in [0.717, 1.165) is 16.9 Å². The Hall–Kier alpha value is -2.82. The number of ether oxygens (including phenoxy) is 1. The van der Waals surface area contributed by atoms with Gasteiger partial charge in [-0.05, 0) is 29.3 Å². The first kappa shape index (κ1) is 16.1. The number of nitrogens with one attached hydrogen (secondary N) is 1. The largest absolute Gasteiger partial charge is 0.480 e. The lowest BCUT2D eigenvalue weighted by molar-refractivity contribution is -0.137. The van der Waals surface area contributed by atoms with E-state index in [1.807, 2.05) is 36.4 Å². The first-order chi connectivity index (χ1) is 11.6. The third kappa shape index (κ3) is 3.25. The van der Waals surface area contributed by atoms with E-state index in [0.29, 0.717) is 18.5 Å². The molecule has 0 unspecified atom stereocenters. The summed E-state index contributed by atoms with van der Waals surface area (Å²) in [5, 5.41) is 2.59. The van der Waals surface area contributed by atoms with Crippen molar-refractivity contribution in [2.75, 3.05) is 14.1 Å². The molecule has 1 heterocycles. The number of rotatable bonds is 4. The van der Waals surface area contributed by atoms with Crippen LogP contribution in [0.5, 0.6) is 5.75 Å². The fourth-order valence-electron chi connectivity index (χ4n) is 2.82. The summed E-state index contributed by atoms with van der Waals surface area (Å²) in [4.78, 5) is 25.8. The maximum Gasteiger partial charge on any atom is 0.264 e. The van der Waals surface area contributed by atoms with Crippen LogP contribution in [0.4, 0.5) is 0 Å². The van der Waals surface area contributed by atoms with E-state index in [1.165, 1.54) is 0 Å². The SMILES string of the molecule is CNC(=O)c1ccc(CN(C)C(=O)[C@@H]2Cc3ccccc3O2)cc1. The summed E-state index contributed by atoms with van der Waals surface area (Å²) in [5.41, 5.74) is 2.64. The van der Waals surface area contributed by atoms with Gasteiger partial charge in [0.1, 0.15) is 5.75 Å². The number of carbonyl (C=O) groups excluding carboxylic acids is 2. The number of hydrogen-bond acceptors (Lipinski definition) is 3. The van der Waals surface area contributed by atoms with E-state index in [9.17, 15) is 9.59 Å². The Balaban J connectivity index is 1.62. The second-order valence-corrected chi connectivity index (χ2v) is 5.89. The zero-order chi connectivity index (χ0) is 17.1. The highest BCUT2D eigenvalue weighted by atomic mass is 16.5. The Bertz CT molecular complexity index is 730. The Morgan fingerprint density at radius 3 is 2.54 bits per heavy atom. The molecule has 3 rings (SSSR count). The number of carbonyl (C=O) groups is 2. The van der Waals surface area contributed by atoms with Gasteiger partial charge in [-0.1, -0.05) is 30.3 Å². The van der Waals surface area contributed by atoms with Gasteiger partial charge in [-0.2, -0.15) is 0 Å². The standard InChI is InChI=1S/C19H20N2O3/c1-20-18(22)14-9-7-13(8-10-14)12-21(2)19(23)17-11-15-5-3-4-6-16(15)24-17/h3-10,17H,11-12H2,1-2H3,(H,20,22)/t17-/m0/s1. The smallest absolute Gasteiger partial charge is 0.264 e. The van der Waals surface area contributed by atoms with Crippen LogP contribution in [0.15, 0.2) is 48.5 Å². The molecule has 0 aromatic heterocycles. The zero-order valence-corrected chi connectivity index (χ0v) is 13.8. The molecular formula is C19H20N2O3. The summed E-state index contributed by atoms with van der Waals surface area (Å²) in [6.45, 7) is 0.475. The van der Waals surface area contributed by atoms with Gasteiger partial charge < -0.3 is 15.0 Å². The van der Waals surface area contributed by atoms with Crippen LogP contribution in [0.3, 0.4) is 0 Å². The molecule has 1 aliphatic rings. The number of benzene rings is 2. The number of nitrogens with zero attached hydrogens (tertiary/aromatic N) is 1. The molecule has 2 amide bonds. The Kier molecular flexibility index (Phi) is 4.51. The van der Waals surface area contributed by atoms with Crippen molar-refractivity contribution in [3.05, 3.63) is 65.2 Å². The topological polar surface area (TPSA) is 58.6 Å². The highest BCUT2D eigenvalue weighted by molar-refractivity contribution is 5.93. The highest BCUT2D eigenvalue weighted by Crippen LogP contribution is 2.29. The number of amides is 2. The van der Waals surface area contributed by atoms with Gasteiger partial charge >= 0.3 is 0 Å². The third-order valence-corrected chi connectivity index (χ3v) is 4.16. The van der Waals surface area contributed by atoms with E-state index in [1.54, 1.807) is 31.1 Å². The van der Waals surface area contributed by atoms with E-state index in [-0.39, 0.29) is 11.8 Å². The van der Waals surface area contributed by atoms with Crippen molar-refractivity contribution in [1.29, 1.82) is 0 Å². The van der Waals surface area contributed by atoms with Crippen LogP contribution < -0.4 is 10.1 Å². The second-order valence-electron chi connectivity index (χ2n) is 5.89. The van der Waals surface area contributed by atoms with Crippen molar-refractivity contribution < 1.29 is 14.3 Å². The van der Waals surface area contributed by atoms with Crippen molar-refractivity contribution in [2.24, 2.45) is 0 Å². The van der Waals surface area contributed by atoms with Gasteiger partial charge in [0.2, 0.25) is 0 Å². The van der Waals surface area contributed by atoms with Gasteiger partial charge in [0, 0.05) is 32.6 Å². The summed E-state index contributed by atoms with van der Waals surface area (Å²) in [6, 6.07) is 15.0. The molecule has 0 radical (unpaired) electrons. The zero-order valence-electron chi connectivity index (χ0n) is 13.8. The van der Waals surface area contributed by atoms with Gasteiger partial charge in [-0.15, -0.1) is 0 Å². The molecule has 2 aromatic carbocycles. The van der Waals surface area contributed by atoms with Crippen molar-refractivity contribution in [3.8, 4) is 5.75 Å². The fourth-order valence-corrected chi connectivity index (χ4v) is 2.82. The molecule has 0 fully saturated rings. The van der Waals surface area contributed by atoms with Gasteiger partial charge in [0.15, 0.2) is 6.10 Å². The van der Waals surface area contributed by atoms with Crippen molar-refractivity contribution in [3.63, 3.8) is 0 Å². The molecule has 1 N–H and O–H groups in total. The predicted octanol–water partition coefficient (Wildman–Crippen LogP) is 2.01. The molecule has 0 spiro atoms. The van der Waals surface area contributed by atoms with Gasteiger partial charge in [0.25, 0.3) is 11.8 Å². The lowest BCUT2D eigenvalue weighted by atomic mass is 10.1. The summed E-state index contributed by atoms with van der Waals surface area (Å²) in [7, 11) is 3.36. The van der Waals surface area contributed by atoms with E-state index in [4.69, 9.17) is 4.74 Å². The Morgan fingerprint density at radius 1 is 1.17 bits per heavy atom. The number of likely N-dealkylation sites (N-methyl/N-ethyl adjacent to an activating group) is 1. The Morgan fingerprint density at radius 2 is 1.88 bits per heavy atom. The van der Waals surface area contributed by atoms with Crippen LogP contribution in [0, 0.1) is 0 Å².